The van der Waals surface area contributed by atoms with Crippen molar-refractivity contribution in [3.63, 3.8) is 0 Å². The van der Waals surface area contributed by atoms with E-state index >= 15 is 0 Å². The van der Waals surface area contributed by atoms with Gasteiger partial charge in [-0.3, -0.25) is 9.80 Å². The van der Waals surface area contributed by atoms with Gasteiger partial charge in [0.15, 0.2) is 0 Å². The lowest BCUT2D eigenvalue weighted by molar-refractivity contribution is 0.415. The van der Waals surface area contributed by atoms with Crippen LogP contribution in [0.1, 0.15) is 29.2 Å². The third kappa shape index (κ3) is 4.55. The van der Waals surface area contributed by atoms with Crippen LogP contribution < -0.4 is 15.3 Å². The van der Waals surface area contributed by atoms with Crippen molar-refractivity contribution in [1.82, 2.24) is 14.6 Å². The minimum Gasteiger partial charge on any atom is -0.497 e. The van der Waals surface area contributed by atoms with Crippen molar-refractivity contribution < 1.29 is 4.74 Å². The van der Waals surface area contributed by atoms with Crippen molar-refractivity contribution in [3.05, 3.63) is 136 Å². The lowest BCUT2D eigenvalue weighted by Crippen LogP contribution is -2.18. The van der Waals surface area contributed by atoms with Crippen LogP contribution in [0.15, 0.2) is 124 Å². The molecule has 41 heavy (non-hydrogen) atoms. The van der Waals surface area contributed by atoms with E-state index in [2.05, 4.69) is 56.5 Å². The van der Waals surface area contributed by atoms with E-state index in [0.29, 0.717) is 16.8 Å². The van der Waals surface area contributed by atoms with Gasteiger partial charge in [0.1, 0.15) is 23.1 Å². The van der Waals surface area contributed by atoms with Crippen molar-refractivity contribution >= 4 is 39.5 Å². The topological polar surface area (TPSA) is 87.9 Å². The maximum Gasteiger partial charge on any atom is 0.298 e. The number of fused-ring (bicyclic) bond motifs is 3. The number of nitrogens with one attached hydrogen (secondary N) is 1. The fraction of sp³-hybridized carbons (Fsp3) is 0.0909. The summed E-state index contributed by atoms with van der Waals surface area (Å²) < 4.78 is 6.56. The Labute approximate surface area is 235 Å². The molecular weight excluding hydrogens is 512 g/mol. The minimum absolute atomic E-state index is 0.0959. The summed E-state index contributed by atoms with van der Waals surface area (Å²) in [4.78, 5) is 20.8. The average molecular weight is 539 g/mol. The van der Waals surface area contributed by atoms with Gasteiger partial charge in [-0.25, -0.2) is 4.98 Å². The molecular formula is C33H26N6O2. The molecule has 4 aromatic carbocycles. The van der Waals surface area contributed by atoms with Gasteiger partial charge >= 0.3 is 0 Å². The molecule has 1 N–H and O–H groups in total. The Balaban J connectivity index is 1.17. The van der Waals surface area contributed by atoms with Gasteiger partial charge in [0.2, 0.25) is 0 Å². The SMILES string of the molecule is COc1ccc2[nH]c3c(=O)n(/N=C\c4ccc(N5N=C(c6ccccc6)C[C@@H]5c5ccccc5)cc4)cnc3c2c1. The van der Waals surface area contributed by atoms with Crippen molar-refractivity contribution in [1.29, 1.82) is 0 Å². The van der Waals surface area contributed by atoms with E-state index in [1.165, 1.54) is 16.6 Å². The molecule has 1 atom stereocenters. The lowest BCUT2D eigenvalue weighted by Gasteiger charge is -2.24. The Morgan fingerprint density at radius 3 is 2.46 bits per heavy atom. The summed E-state index contributed by atoms with van der Waals surface area (Å²) in [5, 5.41) is 12.4. The predicted octanol–water partition coefficient (Wildman–Crippen LogP) is 6.12. The first-order valence-corrected chi connectivity index (χ1v) is 13.4. The highest BCUT2D eigenvalue weighted by atomic mass is 16.5. The van der Waals surface area contributed by atoms with E-state index in [9.17, 15) is 4.79 Å². The Kier molecular flexibility index (Phi) is 6.13. The maximum atomic E-state index is 13.1. The van der Waals surface area contributed by atoms with E-state index in [1.807, 2.05) is 66.7 Å². The molecule has 0 saturated heterocycles. The summed E-state index contributed by atoms with van der Waals surface area (Å²) >= 11 is 0. The molecule has 7 rings (SSSR count). The average Bonchev–Trinajstić information content (AvgIpc) is 3.64. The van der Waals surface area contributed by atoms with Crippen LogP contribution in [0, 0.1) is 0 Å². The largest absolute Gasteiger partial charge is 0.497 e. The van der Waals surface area contributed by atoms with Crippen molar-refractivity contribution in [2.75, 3.05) is 12.1 Å². The molecule has 8 nitrogen and oxygen atoms in total. The second-order valence-electron chi connectivity index (χ2n) is 9.88. The number of anilines is 1. The number of methoxy groups -OCH3 is 1. The minimum atomic E-state index is -0.274. The fourth-order valence-electron chi connectivity index (χ4n) is 5.26. The van der Waals surface area contributed by atoms with E-state index in [4.69, 9.17) is 9.84 Å². The van der Waals surface area contributed by atoms with Gasteiger partial charge in [-0.15, -0.1) is 0 Å². The highest BCUT2D eigenvalue weighted by Crippen LogP contribution is 2.36. The summed E-state index contributed by atoms with van der Waals surface area (Å²) in [6.45, 7) is 0. The number of nitrogens with zero attached hydrogens (tertiary/aromatic N) is 5. The van der Waals surface area contributed by atoms with Gasteiger partial charge in [-0.1, -0.05) is 72.8 Å². The third-order valence-electron chi connectivity index (χ3n) is 7.39. The van der Waals surface area contributed by atoms with Gasteiger partial charge in [0.05, 0.1) is 30.8 Å². The third-order valence-corrected chi connectivity index (χ3v) is 7.39. The van der Waals surface area contributed by atoms with E-state index in [0.717, 1.165) is 39.8 Å². The van der Waals surface area contributed by atoms with Gasteiger partial charge < -0.3 is 9.72 Å². The number of ether oxygens (including phenoxy) is 1. The zero-order chi connectivity index (χ0) is 27.8. The van der Waals surface area contributed by atoms with Crippen LogP contribution in [0.3, 0.4) is 0 Å². The standard InChI is InChI=1S/C33H26N6O2/c1-41-26-16-17-28-27(18-26)31-32(36-28)33(40)38(21-34-31)35-20-22-12-14-25(15-13-22)39-30(24-10-6-3-7-11-24)19-29(37-39)23-8-4-2-5-9-23/h2-18,20-21,30,36H,19H2,1H3/b35-20-/t30-/m1/s1. The number of rotatable bonds is 6. The molecule has 0 saturated carbocycles. The first kappa shape index (κ1) is 24.5. The first-order chi connectivity index (χ1) is 20.2. The van der Waals surface area contributed by atoms with E-state index in [-0.39, 0.29) is 11.6 Å². The Hall–Kier alpha value is -5.50. The fourth-order valence-corrected chi connectivity index (χ4v) is 5.26. The van der Waals surface area contributed by atoms with Crippen molar-refractivity contribution in [3.8, 4) is 5.75 Å². The molecule has 200 valence electrons. The molecule has 0 aliphatic carbocycles. The second kappa shape index (κ2) is 10.2. The Bertz CT molecular complexity index is 1980. The van der Waals surface area contributed by atoms with Crippen molar-refractivity contribution in [2.24, 2.45) is 10.2 Å². The summed E-state index contributed by atoms with van der Waals surface area (Å²) in [7, 11) is 1.61. The van der Waals surface area contributed by atoms with Gasteiger partial charge in [0, 0.05) is 17.3 Å². The zero-order valence-corrected chi connectivity index (χ0v) is 22.3. The summed E-state index contributed by atoms with van der Waals surface area (Å²) in [5.74, 6) is 0.705. The van der Waals surface area contributed by atoms with Crippen molar-refractivity contribution in [2.45, 2.75) is 12.5 Å². The smallest absolute Gasteiger partial charge is 0.298 e. The predicted molar refractivity (Wildman–Crippen MR) is 163 cm³/mol. The molecule has 6 aromatic rings. The highest BCUT2D eigenvalue weighted by Gasteiger charge is 2.29. The van der Waals surface area contributed by atoms with Gasteiger partial charge in [-0.2, -0.15) is 14.9 Å². The molecule has 0 fully saturated rings. The molecule has 1 aliphatic heterocycles. The van der Waals surface area contributed by atoms with Crippen LogP contribution in [-0.2, 0) is 0 Å². The number of hydrogen-bond acceptors (Lipinski definition) is 6. The second-order valence-corrected chi connectivity index (χ2v) is 9.88. The number of hydrazone groups is 1. The number of benzene rings is 4. The molecule has 0 bridgehead atoms. The van der Waals surface area contributed by atoms with E-state index in [1.54, 1.807) is 13.3 Å². The van der Waals surface area contributed by atoms with E-state index < -0.39 is 0 Å². The van der Waals surface area contributed by atoms with Crippen LogP contribution in [0.5, 0.6) is 5.75 Å². The quantitative estimate of drug-likeness (QED) is 0.259. The summed E-state index contributed by atoms with van der Waals surface area (Å²) in [6, 6.07) is 34.5. The number of aromatic amines is 1. The van der Waals surface area contributed by atoms with Crippen LogP contribution in [0.4, 0.5) is 5.69 Å². The molecule has 1 aliphatic rings. The summed E-state index contributed by atoms with van der Waals surface area (Å²) in [5.41, 5.74) is 6.77. The molecule has 0 radical (unpaired) electrons. The van der Waals surface area contributed by atoms with Crippen LogP contribution in [-0.4, -0.2) is 33.7 Å². The highest BCUT2D eigenvalue weighted by molar-refractivity contribution is 6.05. The summed E-state index contributed by atoms with van der Waals surface area (Å²) in [6.07, 6.45) is 3.91. The zero-order valence-electron chi connectivity index (χ0n) is 22.3. The normalized spacial score (nSPS) is 15.2. The van der Waals surface area contributed by atoms with Crippen LogP contribution in [0.2, 0.25) is 0 Å². The van der Waals surface area contributed by atoms with Gasteiger partial charge in [0.25, 0.3) is 5.56 Å². The molecule has 2 aromatic heterocycles. The molecule has 0 unspecified atom stereocenters. The molecule has 3 heterocycles. The Morgan fingerprint density at radius 2 is 1.71 bits per heavy atom. The van der Waals surface area contributed by atoms with Crippen LogP contribution >= 0.6 is 0 Å². The Morgan fingerprint density at radius 1 is 0.951 bits per heavy atom. The molecule has 8 heteroatoms. The monoisotopic (exact) mass is 538 g/mol. The van der Waals surface area contributed by atoms with Gasteiger partial charge in [-0.05, 0) is 47.0 Å². The number of H-pyrrole nitrogens is 1. The van der Waals surface area contributed by atoms with Crippen LogP contribution in [0.25, 0.3) is 21.9 Å². The first-order valence-electron chi connectivity index (χ1n) is 13.4. The lowest BCUT2D eigenvalue weighted by atomic mass is 9.98. The number of aromatic nitrogens is 3. The maximum absolute atomic E-state index is 13.1. The number of hydrogen-bond donors (Lipinski definition) is 1. The molecule has 0 spiro atoms. The molecule has 0 amide bonds.